The van der Waals surface area contributed by atoms with E-state index in [4.69, 9.17) is 17.3 Å². The first-order chi connectivity index (χ1) is 26.6. The lowest BCUT2D eigenvalue weighted by Gasteiger charge is -2.37. The highest BCUT2D eigenvalue weighted by Crippen LogP contribution is 2.22. The SMILES string of the molecule is Cc1ccc(CNC(=O)C(CCCNC(N)=O)NC(=O)C(Cc2c[nH]c3ccccc23)NC(=O)C2CCCCN2C(=O)C(CCS(C)(=O)=O)NC(=O)CCl)cc1. The van der Waals surface area contributed by atoms with Gasteiger partial charge in [0.2, 0.25) is 29.5 Å². The Labute approximate surface area is 331 Å². The van der Waals surface area contributed by atoms with E-state index in [1.54, 1.807) is 6.20 Å². The number of halogens is 1. The molecule has 4 atom stereocenters. The van der Waals surface area contributed by atoms with E-state index < -0.39 is 75.5 Å². The first kappa shape index (κ1) is 43.6. The van der Waals surface area contributed by atoms with Gasteiger partial charge in [-0.05, 0) is 62.6 Å². The number of hydrogen-bond acceptors (Lipinski definition) is 8. The molecule has 4 rings (SSSR count). The smallest absolute Gasteiger partial charge is 0.312 e. The third-order valence-corrected chi connectivity index (χ3v) is 10.8. The van der Waals surface area contributed by atoms with Crippen molar-refractivity contribution in [3.63, 3.8) is 0 Å². The monoisotopic (exact) mass is 814 g/mol. The number of aromatic nitrogens is 1. The molecule has 0 radical (unpaired) electrons. The minimum atomic E-state index is -3.50. The van der Waals surface area contributed by atoms with Crippen LogP contribution in [-0.4, -0.2) is 109 Å². The summed E-state index contributed by atoms with van der Waals surface area (Å²) in [6.45, 7) is 2.46. The van der Waals surface area contributed by atoms with Gasteiger partial charge in [0.15, 0.2) is 0 Å². The summed E-state index contributed by atoms with van der Waals surface area (Å²) in [5, 5.41) is 14.3. The molecular formula is C38H51ClN8O8S. The molecule has 16 nitrogen and oxygen atoms in total. The molecule has 1 aliphatic rings. The summed E-state index contributed by atoms with van der Waals surface area (Å²) in [5.74, 6) is -3.91. The van der Waals surface area contributed by atoms with Crippen LogP contribution in [0.15, 0.2) is 54.7 Å². The lowest BCUT2D eigenvalue weighted by atomic mass is 9.98. The van der Waals surface area contributed by atoms with Crippen molar-refractivity contribution in [1.82, 2.24) is 36.5 Å². The normalized spacial score (nSPS) is 15.9. The van der Waals surface area contributed by atoms with Crippen LogP contribution in [0.5, 0.6) is 0 Å². The summed E-state index contributed by atoms with van der Waals surface area (Å²) < 4.78 is 24.0. The molecule has 1 aliphatic heterocycles. The first-order valence-corrected chi connectivity index (χ1v) is 21.1. The lowest BCUT2D eigenvalue weighted by Crippen LogP contribution is -2.60. The maximum Gasteiger partial charge on any atom is 0.312 e. The minimum absolute atomic E-state index is 0.0198. The number of benzene rings is 2. The molecule has 56 heavy (non-hydrogen) atoms. The largest absolute Gasteiger partial charge is 0.361 e. The maximum absolute atomic E-state index is 14.2. The number of alkyl halides is 1. The Balaban J connectivity index is 1.59. The number of urea groups is 1. The van der Waals surface area contributed by atoms with E-state index in [0.717, 1.165) is 28.3 Å². The van der Waals surface area contributed by atoms with Gasteiger partial charge in [-0.25, -0.2) is 13.2 Å². The Morgan fingerprint density at radius 2 is 1.64 bits per heavy atom. The predicted molar refractivity (Wildman–Crippen MR) is 212 cm³/mol. The van der Waals surface area contributed by atoms with E-state index in [9.17, 15) is 37.2 Å². The number of carbonyl (C=O) groups is 6. The van der Waals surface area contributed by atoms with Crippen LogP contribution >= 0.6 is 11.6 Å². The second-order valence-corrected chi connectivity index (χ2v) is 16.6. The molecule has 2 heterocycles. The summed E-state index contributed by atoms with van der Waals surface area (Å²) >= 11 is 5.69. The number of carbonyl (C=O) groups excluding carboxylic acids is 6. The molecule has 8 N–H and O–H groups in total. The molecule has 0 spiro atoms. The Morgan fingerprint density at radius 1 is 0.911 bits per heavy atom. The van der Waals surface area contributed by atoms with Crippen molar-refractivity contribution in [3.8, 4) is 0 Å². The summed E-state index contributed by atoms with van der Waals surface area (Å²) in [6.07, 6.45) is 4.37. The van der Waals surface area contributed by atoms with E-state index in [-0.39, 0.29) is 51.1 Å². The number of H-pyrrole nitrogens is 1. The van der Waals surface area contributed by atoms with Crippen LogP contribution in [0.25, 0.3) is 10.9 Å². The third-order valence-electron chi connectivity index (χ3n) is 9.54. The van der Waals surface area contributed by atoms with Crippen LogP contribution in [0.1, 0.15) is 55.2 Å². The number of primary amides is 1. The van der Waals surface area contributed by atoms with Gasteiger partial charge < -0.3 is 42.2 Å². The van der Waals surface area contributed by atoms with Gasteiger partial charge in [0.1, 0.15) is 39.9 Å². The first-order valence-electron chi connectivity index (χ1n) is 18.5. The molecule has 304 valence electrons. The molecule has 1 fully saturated rings. The van der Waals surface area contributed by atoms with Gasteiger partial charge in [0.05, 0.1) is 5.75 Å². The summed E-state index contributed by atoms with van der Waals surface area (Å²) in [6, 6.07) is 9.75. The number of nitrogens with two attached hydrogens (primary N) is 1. The quantitative estimate of drug-likeness (QED) is 0.0686. The van der Waals surface area contributed by atoms with Gasteiger partial charge >= 0.3 is 6.03 Å². The number of nitrogens with zero attached hydrogens (tertiary/aromatic N) is 1. The Kier molecular flexibility index (Phi) is 16.1. The second-order valence-electron chi connectivity index (χ2n) is 14.0. The number of sulfone groups is 1. The fourth-order valence-electron chi connectivity index (χ4n) is 6.57. The number of rotatable bonds is 19. The van der Waals surface area contributed by atoms with Crippen molar-refractivity contribution in [2.24, 2.45) is 5.73 Å². The number of amides is 7. The van der Waals surface area contributed by atoms with E-state index in [1.807, 2.05) is 55.5 Å². The van der Waals surface area contributed by atoms with Crippen LogP contribution in [0.3, 0.4) is 0 Å². The molecule has 18 heteroatoms. The maximum atomic E-state index is 14.2. The van der Waals surface area contributed by atoms with Crippen LogP contribution < -0.4 is 32.3 Å². The molecular weight excluding hydrogens is 764 g/mol. The van der Waals surface area contributed by atoms with E-state index in [0.29, 0.717) is 24.8 Å². The number of para-hydroxylation sites is 1. The summed E-state index contributed by atoms with van der Waals surface area (Å²) in [5.41, 5.74) is 8.65. The fourth-order valence-corrected chi connectivity index (χ4v) is 7.31. The zero-order valence-corrected chi connectivity index (χ0v) is 33.1. The zero-order valence-electron chi connectivity index (χ0n) is 31.6. The molecule has 7 amide bonds. The number of likely N-dealkylation sites (tertiary alicyclic amines) is 1. The van der Waals surface area contributed by atoms with Crippen molar-refractivity contribution in [1.29, 1.82) is 0 Å². The molecule has 3 aromatic rings. The van der Waals surface area contributed by atoms with Crippen LogP contribution in [-0.2, 0) is 46.8 Å². The number of piperidine rings is 1. The van der Waals surface area contributed by atoms with Gasteiger partial charge in [0, 0.05) is 49.4 Å². The number of hydrogen-bond donors (Lipinski definition) is 7. The van der Waals surface area contributed by atoms with Gasteiger partial charge in [-0.3, -0.25) is 24.0 Å². The van der Waals surface area contributed by atoms with Crippen LogP contribution in [0, 0.1) is 6.92 Å². The predicted octanol–water partition coefficient (Wildman–Crippen LogP) is 1.29. The highest BCUT2D eigenvalue weighted by atomic mass is 35.5. The summed E-state index contributed by atoms with van der Waals surface area (Å²) in [4.78, 5) is 83.9. The Bertz CT molecular complexity index is 1970. The van der Waals surface area contributed by atoms with Crippen molar-refractivity contribution in [2.75, 3.05) is 31.0 Å². The second kappa shape index (κ2) is 20.7. The highest BCUT2D eigenvalue weighted by molar-refractivity contribution is 7.90. The third kappa shape index (κ3) is 13.3. The Morgan fingerprint density at radius 3 is 2.34 bits per heavy atom. The van der Waals surface area contributed by atoms with Crippen molar-refractivity contribution in [2.45, 2.75) is 82.6 Å². The van der Waals surface area contributed by atoms with Crippen LogP contribution in [0.2, 0.25) is 0 Å². The zero-order chi connectivity index (χ0) is 40.8. The van der Waals surface area contributed by atoms with Gasteiger partial charge in [0.25, 0.3) is 0 Å². The van der Waals surface area contributed by atoms with Crippen molar-refractivity contribution >= 4 is 67.9 Å². The topological polar surface area (TPSA) is 242 Å². The van der Waals surface area contributed by atoms with Gasteiger partial charge in [-0.15, -0.1) is 11.6 Å². The average molecular weight is 815 g/mol. The minimum Gasteiger partial charge on any atom is -0.361 e. The molecule has 1 aromatic heterocycles. The molecule has 0 saturated carbocycles. The van der Waals surface area contributed by atoms with Gasteiger partial charge in [-0.2, -0.15) is 0 Å². The van der Waals surface area contributed by atoms with Crippen molar-refractivity contribution in [3.05, 3.63) is 71.4 Å². The number of aromatic amines is 1. The highest BCUT2D eigenvalue weighted by Gasteiger charge is 2.38. The van der Waals surface area contributed by atoms with E-state index in [2.05, 4.69) is 31.6 Å². The fraction of sp³-hybridized carbons (Fsp3) is 0.474. The van der Waals surface area contributed by atoms with Crippen LogP contribution in [0.4, 0.5) is 4.79 Å². The molecule has 4 unspecified atom stereocenters. The van der Waals surface area contributed by atoms with E-state index >= 15 is 0 Å². The standard InChI is InChI=1S/C38H51ClN8O8S/c1-24-12-14-25(15-13-24)22-43-34(49)29(10-7-17-41-38(40)53)45-35(50)31(20-26-23-42-28-9-4-3-8-27(26)28)46-36(51)32-11-5-6-18-47(32)37(52)30(44-33(48)21-39)16-19-56(2,54)55/h3-4,8-9,12-15,23,29-32,42H,5-7,10-11,16-22H2,1-2H3,(H,43,49)(H,44,48)(H,45,50)(H,46,51)(H3,40,41,53). The number of aryl methyl sites for hydroxylation is 1. The van der Waals surface area contributed by atoms with Gasteiger partial charge in [-0.1, -0.05) is 48.0 Å². The molecule has 2 aromatic carbocycles. The molecule has 0 aliphatic carbocycles. The van der Waals surface area contributed by atoms with E-state index in [1.165, 1.54) is 4.90 Å². The summed E-state index contributed by atoms with van der Waals surface area (Å²) in [7, 11) is -3.50. The number of nitrogens with one attached hydrogen (secondary N) is 6. The average Bonchev–Trinajstić information content (AvgIpc) is 3.58. The lowest BCUT2D eigenvalue weighted by molar-refractivity contribution is -0.145. The molecule has 1 saturated heterocycles. The number of fused-ring (bicyclic) bond motifs is 1. The Hall–Kier alpha value is -5.16. The molecule has 0 bridgehead atoms. The van der Waals surface area contributed by atoms with Crippen molar-refractivity contribution < 1.29 is 37.2 Å².